The minimum atomic E-state index is 0.0394. The molecule has 0 spiro atoms. The summed E-state index contributed by atoms with van der Waals surface area (Å²) in [5.41, 5.74) is 1.06. The smallest absolute Gasteiger partial charge is 0.317 e. The van der Waals surface area contributed by atoms with E-state index in [0.717, 1.165) is 30.0 Å². The van der Waals surface area contributed by atoms with Crippen molar-refractivity contribution in [3.63, 3.8) is 0 Å². The van der Waals surface area contributed by atoms with Crippen LogP contribution in [0.15, 0.2) is 18.2 Å². The van der Waals surface area contributed by atoms with Gasteiger partial charge in [-0.25, -0.2) is 4.79 Å². The highest BCUT2D eigenvalue weighted by atomic mass is 16.7. The number of nitrogens with one attached hydrogen (secondary N) is 1. The average Bonchev–Trinajstić information content (AvgIpc) is 3.26. The van der Waals surface area contributed by atoms with Gasteiger partial charge in [0.05, 0.1) is 0 Å². The minimum Gasteiger partial charge on any atom is -0.454 e. The van der Waals surface area contributed by atoms with Crippen molar-refractivity contribution in [3.05, 3.63) is 23.8 Å². The van der Waals surface area contributed by atoms with Gasteiger partial charge >= 0.3 is 6.03 Å². The highest BCUT2D eigenvalue weighted by Gasteiger charge is 2.36. The number of urea groups is 1. The second-order valence-corrected chi connectivity index (χ2v) is 7.15. The van der Waals surface area contributed by atoms with Crippen LogP contribution in [-0.2, 0) is 6.54 Å². The van der Waals surface area contributed by atoms with Crippen LogP contribution in [-0.4, -0.2) is 54.3 Å². The molecule has 136 valence electrons. The van der Waals surface area contributed by atoms with Crippen LogP contribution < -0.4 is 14.8 Å². The third kappa shape index (κ3) is 3.40. The van der Waals surface area contributed by atoms with Crippen molar-refractivity contribution in [1.82, 2.24) is 15.1 Å². The Morgan fingerprint density at radius 3 is 3.00 bits per heavy atom. The fraction of sp³-hybridized carbons (Fsp3) is 0.632. The molecule has 4 rings (SSSR count). The second kappa shape index (κ2) is 7.12. The van der Waals surface area contributed by atoms with Crippen molar-refractivity contribution < 1.29 is 14.3 Å². The number of hydrogen-bond donors (Lipinski definition) is 1. The SMILES string of the molecule is CCN(Cc1ccc2c(c1)OCO2)C(=O)N[C@@H]1CCN2CCCC[C@@H]12. The maximum absolute atomic E-state index is 12.8. The first-order valence-electron chi connectivity index (χ1n) is 9.42. The van der Waals surface area contributed by atoms with Gasteiger partial charge in [-0.15, -0.1) is 0 Å². The molecule has 0 bridgehead atoms. The summed E-state index contributed by atoms with van der Waals surface area (Å²) in [6, 6.07) is 6.75. The molecule has 3 aliphatic heterocycles. The Balaban J connectivity index is 1.38. The number of benzene rings is 1. The highest BCUT2D eigenvalue weighted by Crippen LogP contribution is 2.33. The van der Waals surface area contributed by atoms with E-state index in [-0.39, 0.29) is 12.8 Å². The zero-order valence-corrected chi connectivity index (χ0v) is 14.9. The lowest BCUT2D eigenvalue weighted by Gasteiger charge is -2.33. The first kappa shape index (κ1) is 16.5. The molecule has 2 atom stereocenters. The van der Waals surface area contributed by atoms with Crippen LogP contribution in [0, 0.1) is 0 Å². The van der Waals surface area contributed by atoms with Crippen LogP contribution in [0.3, 0.4) is 0 Å². The predicted molar refractivity (Wildman–Crippen MR) is 94.8 cm³/mol. The zero-order valence-electron chi connectivity index (χ0n) is 14.9. The highest BCUT2D eigenvalue weighted by molar-refractivity contribution is 5.74. The standard InChI is InChI=1S/C19H27N3O3/c1-2-21(12-14-6-7-17-18(11-14)25-13-24-17)19(23)20-15-8-10-22-9-4-3-5-16(15)22/h6-7,11,15-16H,2-5,8-10,12-13H2,1H3,(H,20,23)/t15-,16+/m1/s1. The van der Waals surface area contributed by atoms with Crippen LogP contribution in [0.4, 0.5) is 4.79 Å². The first-order valence-corrected chi connectivity index (χ1v) is 9.42. The zero-order chi connectivity index (χ0) is 17.2. The van der Waals surface area contributed by atoms with E-state index in [2.05, 4.69) is 10.2 Å². The van der Waals surface area contributed by atoms with Crippen molar-refractivity contribution in [2.75, 3.05) is 26.4 Å². The summed E-state index contributed by atoms with van der Waals surface area (Å²) < 4.78 is 10.8. The number of amides is 2. The van der Waals surface area contributed by atoms with Gasteiger partial charge in [-0.2, -0.15) is 0 Å². The fourth-order valence-corrected chi connectivity index (χ4v) is 4.25. The summed E-state index contributed by atoms with van der Waals surface area (Å²) in [5, 5.41) is 3.29. The summed E-state index contributed by atoms with van der Waals surface area (Å²) in [6.45, 7) is 5.86. The molecule has 1 aromatic carbocycles. The maximum atomic E-state index is 12.8. The van der Waals surface area contributed by atoms with Gasteiger partial charge in [0, 0.05) is 31.7 Å². The fourth-order valence-electron chi connectivity index (χ4n) is 4.25. The average molecular weight is 345 g/mol. The Labute approximate surface area is 149 Å². The molecular formula is C19H27N3O3. The van der Waals surface area contributed by atoms with Crippen LogP contribution in [0.25, 0.3) is 0 Å². The van der Waals surface area contributed by atoms with E-state index in [4.69, 9.17) is 9.47 Å². The Morgan fingerprint density at radius 1 is 1.24 bits per heavy atom. The van der Waals surface area contributed by atoms with Crippen LogP contribution >= 0.6 is 0 Å². The van der Waals surface area contributed by atoms with E-state index >= 15 is 0 Å². The van der Waals surface area contributed by atoms with Gasteiger partial charge < -0.3 is 19.7 Å². The molecule has 1 N–H and O–H groups in total. The van der Waals surface area contributed by atoms with Crippen molar-refractivity contribution in [2.24, 2.45) is 0 Å². The lowest BCUT2D eigenvalue weighted by Crippen LogP contribution is -2.50. The molecule has 0 aliphatic carbocycles. The largest absolute Gasteiger partial charge is 0.454 e. The summed E-state index contributed by atoms with van der Waals surface area (Å²) in [7, 11) is 0. The molecule has 3 heterocycles. The normalized spacial score (nSPS) is 24.8. The monoisotopic (exact) mass is 345 g/mol. The third-order valence-corrected chi connectivity index (χ3v) is 5.64. The molecule has 0 unspecified atom stereocenters. The molecule has 25 heavy (non-hydrogen) atoms. The molecule has 2 saturated heterocycles. The number of ether oxygens (including phenoxy) is 2. The molecular weight excluding hydrogens is 318 g/mol. The number of hydrogen-bond acceptors (Lipinski definition) is 4. The Hall–Kier alpha value is -1.95. The van der Waals surface area contributed by atoms with E-state index in [0.29, 0.717) is 25.2 Å². The summed E-state index contributed by atoms with van der Waals surface area (Å²) >= 11 is 0. The molecule has 6 nitrogen and oxygen atoms in total. The summed E-state index contributed by atoms with van der Waals surface area (Å²) in [5.74, 6) is 1.54. The van der Waals surface area contributed by atoms with Gasteiger partial charge in [-0.1, -0.05) is 12.5 Å². The minimum absolute atomic E-state index is 0.0394. The van der Waals surface area contributed by atoms with Crippen LogP contribution in [0.5, 0.6) is 11.5 Å². The predicted octanol–water partition coefficient (Wildman–Crippen LogP) is 2.57. The lowest BCUT2D eigenvalue weighted by molar-refractivity contribution is 0.167. The van der Waals surface area contributed by atoms with Gasteiger partial charge in [-0.05, 0) is 50.4 Å². The molecule has 0 saturated carbocycles. The molecule has 2 fully saturated rings. The summed E-state index contributed by atoms with van der Waals surface area (Å²) in [6.07, 6.45) is 4.85. The lowest BCUT2D eigenvalue weighted by atomic mass is 9.99. The number of carbonyl (C=O) groups excluding carboxylic acids is 1. The summed E-state index contributed by atoms with van der Waals surface area (Å²) in [4.78, 5) is 17.2. The Kier molecular flexibility index (Phi) is 4.70. The van der Waals surface area contributed by atoms with Crippen LogP contribution in [0.2, 0.25) is 0 Å². The van der Waals surface area contributed by atoms with Crippen molar-refractivity contribution in [1.29, 1.82) is 0 Å². The van der Waals surface area contributed by atoms with Gasteiger partial charge in [0.1, 0.15) is 0 Å². The molecule has 6 heteroatoms. The van der Waals surface area contributed by atoms with E-state index in [9.17, 15) is 4.79 Å². The van der Waals surface area contributed by atoms with Gasteiger partial charge in [0.2, 0.25) is 6.79 Å². The Morgan fingerprint density at radius 2 is 2.12 bits per heavy atom. The third-order valence-electron chi connectivity index (χ3n) is 5.64. The van der Waals surface area contributed by atoms with E-state index in [1.807, 2.05) is 30.0 Å². The van der Waals surface area contributed by atoms with E-state index in [1.54, 1.807) is 0 Å². The van der Waals surface area contributed by atoms with Crippen LogP contribution in [0.1, 0.15) is 38.2 Å². The van der Waals surface area contributed by atoms with Gasteiger partial charge in [-0.3, -0.25) is 4.90 Å². The second-order valence-electron chi connectivity index (χ2n) is 7.15. The number of nitrogens with zero attached hydrogens (tertiary/aromatic N) is 2. The van der Waals surface area contributed by atoms with Crippen molar-refractivity contribution >= 4 is 6.03 Å². The van der Waals surface area contributed by atoms with E-state index in [1.165, 1.54) is 25.8 Å². The molecule has 2 amide bonds. The molecule has 0 radical (unpaired) electrons. The van der Waals surface area contributed by atoms with E-state index < -0.39 is 0 Å². The van der Waals surface area contributed by atoms with Gasteiger partial charge in [0.25, 0.3) is 0 Å². The number of rotatable bonds is 4. The molecule has 1 aromatic rings. The number of carbonyl (C=O) groups is 1. The molecule has 3 aliphatic rings. The number of fused-ring (bicyclic) bond motifs is 2. The van der Waals surface area contributed by atoms with Crippen molar-refractivity contribution in [2.45, 2.75) is 51.2 Å². The molecule has 0 aromatic heterocycles. The van der Waals surface area contributed by atoms with Gasteiger partial charge in [0.15, 0.2) is 11.5 Å². The van der Waals surface area contributed by atoms with Crippen molar-refractivity contribution in [3.8, 4) is 11.5 Å². The first-order chi connectivity index (χ1) is 12.2. The topological polar surface area (TPSA) is 54.0 Å². The Bertz CT molecular complexity index is 636. The quantitative estimate of drug-likeness (QED) is 0.911. The number of piperidine rings is 1. The maximum Gasteiger partial charge on any atom is 0.317 e.